The minimum absolute atomic E-state index is 0.0931. The lowest BCUT2D eigenvalue weighted by molar-refractivity contribution is -0.0409. The van der Waals surface area contributed by atoms with Gasteiger partial charge in [0.15, 0.2) is 0 Å². The van der Waals surface area contributed by atoms with Gasteiger partial charge in [0, 0.05) is 31.5 Å². The second-order valence-electron chi connectivity index (χ2n) is 5.71. The number of halogens is 2. The van der Waals surface area contributed by atoms with Gasteiger partial charge in [-0.25, -0.2) is 8.78 Å². The lowest BCUT2D eigenvalue weighted by atomic mass is 9.99. The topological polar surface area (TPSA) is 3.24 Å². The monoisotopic (exact) mass is 251 g/mol. The lowest BCUT2D eigenvalue weighted by Crippen LogP contribution is -2.30. The Morgan fingerprint density at radius 1 is 1.22 bits per heavy atom. The molecule has 0 aromatic heterocycles. The summed E-state index contributed by atoms with van der Waals surface area (Å²) >= 11 is 0. The molecule has 1 aromatic rings. The second-order valence-corrected chi connectivity index (χ2v) is 5.71. The van der Waals surface area contributed by atoms with Gasteiger partial charge >= 0.3 is 0 Å². The Balaban J connectivity index is 1.73. The third kappa shape index (κ3) is 1.95. The van der Waals surface area contributed by atoms with E-state index in [4.69, 9.17) is 0 Å². The number of likely N-dealkylation sites (tertiary alicyclic amines) is 1. The molecule has 1 nitrogen and oxygen atoms in total. The maximum absolute atomic E-state index is 13.7. The van der Waals surface area contributed by atoms with E-state index in [1.165, 1.54) is 5.56 Å². The van der Waals surface area contributed by atoms with Crippen molar-refractivity contribution >= 4 is 0 Å². The Kier molecular flexibility index (Phi) is 2.89. The summed E-state index contributed by atoms with van der Waals surface area (Å²) in [6.45, 7) is 3.50. The summed E-state index contributed by atoms with van der Waals surface area (Å²) in [5.74, 6) is -2.65. The molecular formula is C15H19F2N. The van der Waals surface area contributed by atoms with Gasteiger partial charge < -0.3 is 0 Å². The molecule has 98 valence electrons. The van der Waals surface area contributed by atoms with Crippen molar-refractivity contribution in [3.05, 3.63) is 35.9 Å². The number of hydrogen-bond acceptors (Lipinski definition) is 1. The molecule has 3 heteroatoms. The fourth-order valence-corrected chi connectivity index (χ4v) is 3.50. The van der Waals surface area contributed by atoms with Crippen molar-refractivity contribution in [2.75, 3.05) is 13.1 Å². The Hall–Kier alpha value is -0.960. The van der Waals surface area contributed by atoms with E-state index in [1.807, 2.05) is 18.2 Å². The van der Waals surface area contributed by atoms with Crippen molar-refractivity contribution in [1.29, 1.82) is 0 Å². The summed E-state index contributed by atoms with van der Waals surface area (Å²) in [6, 6.07) is 10.4. The molecule has 3 rings (SSSR count). The van der Waals surface area contributed by atoms with E-state index < -0.39 is 11.8 Å². The van der Waals surface area contributed by atoms with Gasteiger partial charge in [-0.1, -0.05) is 30.3 Å². The van der Waals surface area contributed by atoms with Crippen LogP contribution in [-0.4, -0.2) is 23.9 Å². The van der Waals surface area contributed by atoms with Crippen LogP contribution in [-0.2, 0) is 0 Å². The number of hydrogen-bond donors (Lipinski definition) is 0. The first kappa shape index (κ1) is 12.1. The predicted molar refractivity (Wildman–Crippen MR) is 67.6 cm³/mol. The van der Waals surface area contributed by atoms with Gasteiger partial charge in [-0.3, -0.25) is 4.90 Å². The van der Waals surface area contributed by atoms with E-state index in [-0.39, 0.29) is 18.4 Å². The molecule has 2 aliphatic rings. The predicted octanol–water partition coefficient (Wildman–Crippen LogP) is 3.72. The van der Waals surface area contributed by atoms with Crippen LogP contribution in [0.5, 0.6) is 0 Å². The van der Waals surface area contributed by atoms with Gasteiger partial charge in [-0.05, 0) is 24.8 Å². The SMILES string of the molecule is C[C@H](c1ccccc1)N1C[C@H]2CCC(F)(F)[C@@H]2C1. The Morgan fingerprint density at radius 2 is 1.94 bits per heavy atom. The number of benzene rings is 1. The molecule has 18 heavy (non-hydrogen) atoms. The van der Waals surface area contributed by atoms with Crippen LogP contribution in [0.15, 0.2) is 30.3 Å². The highest BCUT2D eigenvalue weighted by Gasteiger charge is 2.54. The molecule has 0 amide bonds. The van der Waals surface area contributed by atoms with E-state index in [1.54, 1.807) is 0 Å². The molecule has 1 aromatic carbocycles. The highest BCUT2D eigenvalue weighted by Crippen LogP contribution is 2.49. The van der Waals surface area contributed by atoms with E-state index >= 15 is 0 Å². The Bertz CT molecular complexity index is 418. The fraction of sp³-hybridized carbons (Fsp3) is 0.600. The van der Waals surface area contributed by atoms with Gasteiger partial charge in [0.05, 0.1) is 0 Å². The summed E-state index contributed by atoms with van der Waals surface area (Å²) in [5.41, 5.74) is 1.22. The van der Waals surface area contributed by atoms with Crippen molar-refractivity contribution in [1.82, 2.24) is 4.90 Å². The van der Waals surface area contributed by atoms with Crippen LogP contribution in [0.3, 0.4) is 0 Å². The first-order chi connectivity index (χ1) is 8.58. The van der Waals surface area contributed by atoms with Gasteiger partial charge in [-0.2, -0.15) is 0 Å². The third-order valence-corrected chi connectivity index (χ3v) is 4.69. The quantitative estimate of drug-likeness (QED) is 0.774. The highest BCUT2D eigenvalue weighted by molar-refractivity contribution is 5.19. The molecule has 0 unspecified atom stereocenters. The molecule has 1 saturated heterocycles. The Morgan fingerprint density at radius 3 is 2.61 bits per heavy atom. The minimum Gasteiger partial charge on any atom is -0.296 e. The number of alkyl halides is 2. The van der Waals surface area contributed by atoms with Crippen LogP contribution in [0.4, 0.5) is 8.78 Å². The minimum atomic E-state index is -2.43. The zero-order valence-corrected chi connectivity index (χ0v) is 10.7. The number of rotatable bonds is 2. The first-order valence-corrected chi connectivity index (χ1v) is 6.75. The van der Waals surface area contributed by atoms with Crippen LogP contribution in [0, 0.1) is 11.8 Å². The van der Waals surface area contributed by atoms with Gasteiger partial charge in [0.1, 0.15) is 0 Å². The van der Waals surface area contributed by atoms with Crippen molar-refractivity contribution in [3.8, 4) is 0 Å². The average molecular weight is 251 g/mol. The second kappa shape index (κ2) is 4.30. The van der Waals surface area contributed by atoms with Crippen molar-refractivity contribution in [2.24, 2.45) is 11.8 Å². The fourth-order valence-electron chi connectivity index (χ4n) is 3.50. The molecule has 1 aliphatic carbocycles. The molecule has 1 saturated carbocycles. The largest absolute Gasteiger partial charge is 0.296 e. The molecule has 3 atom stereocenters. The van der Waals surface area contributed by atoms with Crippen LogP contribution >= 0.6 is 0 Å². The van der Waals surface area contributed by atoms with Crippen molar-refractivity contribution in [3.63, 3.8) is 0 Å². The van der Waals surface area contributed by atoms with E-state index in [0.29, 0.717) is 13.0 Å². The zero-order chi connectivity index (χ0) is 12.8. The summed E-state index contributed by atoms with van der Waals surface area (Å²) in [7, 11) is 0. The maximum Gasteiger partial charge on any atom is 0.252 e. The Labute approximate surface area is 107 Å². The molecule has 2 fully saturated rings. The lowest BCUT2D eigenvalue weighted by Gasteiger charge is -2.26. The molecule has 1 aliphatic heterocycles. The summed E-state index contributed by atoms with van der Waals surface area (Å²) in [5, 5.41) is 0. The highest BCUT2D eigenvalue weighted by atomic mass is 19.3. The van der Waals surface area contributed by atoms with Gasteiger partial charge in [0.25, 0.3) is 5.92 Å². The summed E-state index contributed by atoms with van der Waals surface area (Å²) in [6.07, 6.45) is 0.783. The van der Waals surface area contributed by atoms with Crippen LogP contribution in [0.25, 0.3) is 0 Å². The van der Waals surface area contributed by atoms with E-state index in [0.717, 1.165) is 6.54 Å². The zero-order valence-electron chi connectivity index (χ0n) is 10.7. The van der Waals surface area contributed by atoms with Crippen LogP contribution < -0.4 is 0 Å². The van der Waals surface area contributed by atoms with Gasteiger partial charge in [0.2, 0.25) is 0 Å². The van der Waals surface area contributed by atoms with E-state index in [2.05, 4.69) is 24.0 Å². The van der Waals surface area contributed by atoms with Crippen molar-refractivity contribution < 1.29 is 8.78 Å². The van der Waals surface area contributed by atoms with Crippen LogP contribution in [0.1, 0.15) is 31.4 Å². The third-order valence-electron chi connectivity index (χ3n) is 4.69. The standard InChI is InChI=1S/C15H19F2N/c1-11(12-5-3-2-4-6-12)18-9-13-7-8-15(16,17)14(13)10-18/h2-6,11,13-14H,7-10H2,1H3/t11-,13-,14-/m1/s1. The summed E-state index contributed by atoms with van der Waals surface area (Å²) < 4.78 is 27.4. The number of nitrogens with zero attached hydrogens (tertiary/aromatic N) is 1. The van der Waals surface area contributed by atoms with Crippen LogP contribution in [0.2, 0.25) is 0 Å². The summed E-state index contributed by atoms with van der Waals surface area (Å²) in [4.78, 5) is 2.22. The van der Waals surface area contributed by atoms with E-state index in [9.17, 15) is 8.78 Å². The average Bonchev–Trinajstić information content (AvgIpc) is 2.91. The first-order valence-electron chi connectivity index (χ1n) is 6.75. The molecule has 0 radical (unpaired) electrons. The normalized spacial score (nSPS) is 32.4. The van der Waals surface area contributed by atoms with Crippen molar-refractivity contribution in [2.45, 2.75) is 31.7 Å². The smallest absolute Gasteiger partial charge is 0.252 e. The maximum atomic E-state index is 13.7. The van der Waals surface area contributed by atoms with Gasteiger partial charge in [-0.15, -0.1) is 0 Å². The molecule has 0 bridgehead atoms. The molecule has 0 spiro atoms. The molecular weight excluding hydrogens is 232 g/mol. The molecule has 0 N–H and O–H groups in total. The number of fused-ring (bicyclic) bond motifs is 1. The molecule has 1 heterocycles.